The number of morpholine rings is 1. The minimum Gasteiger partial charge on any atom is -0.377 e. The highest BCUT2D eigenvalue weighted by Crippen LogP contribution is 2.16. The third-order valence-corrected chi connectivity index (χ3v) is 4.16. The highest BCUT2D eigenvalue weighted by Gasteiger charge is 2.31. The number of nitrogens with zero attached hydrogens (tertiary/aromatic N) is 3. The molecule has 1 saturated heterocycles. The second kappa shape index (κ2) is 6.91. The van der Waals surface area contributed by atoms with Crippen LogP contribution in [-0.2, 0) is 20.9 Å². The number of hydrogen-bond donors (Lipinski definition) is 0. The molecule has 1 atom stereocenters. The van der Waals surface area contributed by atoms with Crippen LogP contribution in [0.2, 0.25) is 0 Å². The lowest BCUT2D eigenvalue weighted by Gasteiger charge is -2.34. The van der Waals surface area contributed by atoms with Gasteiger partial charge < -0.3 is 9.64 Å². The Balaban J connectivity index is 1.75. The quantitative estimate of drug-likeness (QED) is 0.847. The molecule has 0 spiro atoms. The molecule has 0 aromatic heterocycles. The van der Waals surface area contributed by atoms with Crippen LogP contribution in [0.25, 0.3) is 0 Å². The van der Waals surface area contributed by atoms with E-state index in [1.54, 1.807) is 4.90 Å². The maximum Gasteiger partial charge on any atom is 0.270 e. The fraction of sp³-hybridized carbons (Fsp3) is 0.471. The van der Waals surface area contributed by atoms with Gasteiger partial charge in [-0.05, 0) is 12.5 Å². The van der Waals surface area contributed by atoms with Crippen molar-refractivity contribution in [3.63, 3.8) is 0 Å². The first-order valence-electron chi connectivity index (χ1n) is 7.95. The van der Waals surface area contributed by atoms with Crippen molar-refractivity contribution in [1.29, 1.82) is 0 Å². The third kappa shape index (κ3) is 3.59. The molecule has 6 heteroatoms. The molecule has 2 aliphatic rings. The fourth-order valence-corrected chi connectivity index (χ4v) is 2.83. The van der Waals surface area contributed by atoms with Crippen LogP contribution in [0.4, 0.5) is 0 Å². The van der Waals surface area contributed by atoms with E-state index in [1.165, 1.54) is 5.01 Å². The molecule has 23 heavy (non-hydrogen) atoms. The second-order valence-electron chi connectivity index (χ2n) is 5.91. The summed E-state index contributed by atoms with van der Waals surface area (Å²) in [6.07, 6.45) is 0.739. The largest absolute Gasteiger partial charge is 0.377 e. The third-order valence-electron chi connectivity index (χ3n) is 4.16. The van der Waals surface area contributed by atoms with Gasteiger partial charge in [0.15, 0.2) is 0 Å². The van der Waals surface area contributed by atoms with Crippen molar-refractivity contribution in [2.75, 3.05) is 19.8 Å². The van der Waals surface area contributed by atoms with Crippen LogP contribution in [0.5, 0.6) is 0 Å². The van der Waals surface area contributed by atoms with Crippen molar-refractivity contribution < 1.29 is 14.3 Å². The summed E-state index contributed by atoms with van der Waals surface area (Å²) in [5, 5.41) is 5.75. The summed E-state index contributed by atoms with van der Waals surface area (Å²) in [6.45, 7) is 4.04. The summed E-state index contributed by atoms with van der Waals surface area (Å²) >= 11 is 0. The lowest BCUT2D eigenvalue weighted by molar-refractivity contribution is -0.134. The maximum atomic E-state index is 12.7. The van der Waals surface area contributed by atoms with E-state index < -0.39 is 0 Å². The number of rotatable bonds is 3. The second-order valence-corrected chi connectivity index (χ2v) is 5.91. The summed E-state index contributed by atoms with van der Waals surface area (Å²) in [5.41, 5.74) is 1.47. The van der Waals surface area contributed by atoms with Crippen LogP contribution in [-0.4, -0.2) is 53.2 Å². The van der Waals surface area contributed by atoms with Gasteiger partial charge in [0.05, 0.1) is 25.8 Å². The fourth-order valence-electron chi connectivity index (χ4n) is 2.83. The zero-order chi connectivity index (χ0) is 16.2. The van der Waals surface area contributed by atoms with Gasteiger partial charge >= 0.3 is 0 Å². The standard InChI is InChI=1S/C17H21N3O3/c1-13-12-23-10-9-19(13)17(22)15-7-8-16(21)20(18-15)11-14-5-3-2-4-6-14/h2-6,13H,7-12H2,1H3. The molecule has 2 heterocycles. The van der Waals surface area contributed by atoms with Gasteiger partial charge in [0, 0.05) is 19.4 Å². The molecule has 1 aromatic rings. The molecule has 2 aliphatic heterocycles. The Kier molecular flexibility index (Phi) is 4.71. The van der Waals surface area contributed by atoms with Gasteiger partial charge in [-0.15, -0.1) is 0 Å². The molecule has 0 aliphatic carbocycles. The van der Waals surface area contributed by atoms with Crippen LogP contribution >= 0.6 is 0 Å². The zero-order valence-corrected chi connectivity index (χ0v) is 13.3. The molecule has 3 rings (SSSR count). The van der Waals surface area contributed by atoms with Crippen molar-refractivity contribution >= 4 is 17.5 Å². The van der Waals surface area contributed by atoms with Crippen LogP contribution < -0.4 is 0 Å². The summed E-state index contributed by atoms with van der Waals surface area (Å²) in [5.74, 6) is -0.119. The highest BCUT2D eigenvalue weighted by atomic mass is 16.5. The highest BCUT2D eigenvalue weighted by molar-refractivity contribution is 6.39. The Morgan fingerprint density at radius 2 is 2.09 bits per heavy atom. The molecular formula is C17H21N3O3. The van der Waals surface area contributed by atoms with Crippen molar-refractivity contribution in [1.82, 2.24) is 9.91 Å². The van der Waals surface area contributed by atoms with E-state index in [2.05, 4.69) is 5.10 Å². The normalized spacial score (nSPS) is 22.0. The van der Waals surface area contributed by atoms with E-state index in [-0.39, 0.29) is 17.9 Å². The number of ether oxygens (including phenoxy) is 1. The summed E-state index contributed by atoms with van der Waals surface area (Å²) in [6, 6.07) is 9.72. The Morgan fingerprint density at radius 3 is 2.83 bits per heavy atom. The summed E-state index contributed by atoms with van der Waals surface area (Å²) < 4.78 is 5.37. The topological polar surface area (TPSA) is 62.2 Å². The van der Waals surface area contributed by atoms with E-state index in [9.17, 15) is 9.59 Å². The first-order valence-corrected chi connectivity index (χ1v) is 7.95. The molecule has 2 amide bonds. The summed E-state index contributed by atoms with van der Waals surface area (Å²) in [7, 11) is 0. The van der Waals surface area contributed by atoms with Crippen molar-refractivity contribution in [2.24, 2.45) is 5.10 Å². The van der Waals surface area contributed by atoms with Crippen molar-refractivity contribution in [2.45, 2.75) is 32.4 Å². The van der Waals surface area contributed by atoms with Gasteiger partial charge in [-0.2, -0.15) is 5.10 Å². The number of hydrazone groups is 1. The van der Waals surface area contributed by atoms with E-state index in [0.717, 1.165) is 5.56 Å². The number of hydrogen-bond acceptors (Lipinski definition) is 4. The van der Waals surface area contributed by atoms with Crippen LogP contribution in [0.15, 0.2) is 35.4 Å². The molecule has 1 fully saturated rings. The van der Waals surface area contributed by atoms with Gasteiger partial charge in [0.2, 0.25) is 5.91 Å². The predicted octanol–water partition coefficient (Wildman–Crippen LogP) is 1.41. The number of amides is 2. The van der Waals surface area contributed by atoms with Gasteiger partial charge in [0.1, 0.15) is 5.71 Å². The predicted molar refractivity (Wildman–Crippen MR) is 85.7 cm³/mol. The van der Waals surface area contributed by atoms with E-state index in [0.29, 0.717) is 44.9 Å². The minimum atomic E-state index is -0.0774. The van der Waals surface area contributed by atoms with Gasteiger partial charge in [0.25, 0.3) is 5.91 Å². The Hall–Kier alpha value is -2.21. The van der Waals surface area contributed by atoms with Crippen LogP contribution in [0, 0.1) is 0 Å². The van der Waals surface area contributed by atoms with Crippen LogP contribution in [0.3, 0.4) is 0 Å². The Bertz CT molecular complexity index is 615. The monoisotopic (exact) mass is 315 g/mol. The van der Waals surface area contributed by atoms with Gasteiger partial charge in [-0.1, -0.05) is 30.3 Å². The van der Waals surface area contributed by atoms with Gasteiger partial charge in [-0.25, -0.2) is 5.01 Å². The number of carbonyl (C=O) groups excluding carboxylic acids is 2. The molecule has 0 bridgehead atoms. The number of carbonyl (C=O) groups is 2. The molecule has 1 unspecified atom stereocenters. The van der Waals surface area contributed by atoms with Crippen LogP contribution in [0.1, 0.15) is 25.3 Å². The molecular weight excluding hydrogens is 294 g/mol. The SMILES string of the molecule is CC1COCCN1C(=O)C1=NN(Cc2ccccc2)C(=O)CC1. The molecule has 1 aromatic carbocycles. The van der Waals surface area contributed by atoms with E-state index >= 15 is 0 Å². The van der Waals surface area contributed by atoms with Gasteiger partial charge in [-0.3, -0.25) is 9.59 Å². The summed E-state index contributed by atoms with van der Waals surface area (Å²) in [4.78, 5) is 26.5. The lowest BCUT2D eigenvalue weighted by Crippen LogP contribution is -2.50. The average molecular weight is 315 g/mol. The lowest BCUT2D eigenvalue weighted by atomic mass is 10.1. The smallest absolute Gasteiger partial charge is 0.270 e. The number of benzene rings is 1. The van der Waals surface area contributed by atoms with Crippen molar-refractivity contribution in [3.8, 4) is 0 Å². The molecule has 6 nitrogen and oxygen atoms in total. The Labute approximate surface area is 135 Å². The molecule has 0 saturated carbocycles. The molecule has 122 valence electrons. The molecule has 0 radical (unpaired) electrons. The minimum absolute atomic E-state index is 0.0409. The first kappa shape index (κ1) is 15.7. The maximum absolute atomic E-state index is 12.7. The molecule has 0 N–H and O–H groups in total. The average Bonchev–Trinajstić information content (AvgIpc) is 2.58. The Morgan fingerprint density at radius 1 is 1.30 bits per heavy atom. The van der Waals surface area contributed by atoms with E-state index in [4.69, 9.17) is 4.74 Å². The van der Waals surface area contributed by atoms with E-state index in [1.807, 2.05) is 37.3 Å². The first-order chi connectivity index (χ1) is 11.1. The zero-order valence-electron chi connectivity index (χ0n) is 13.3. The van der Waals surface area contributed by atoms with Crippen molar-refractivity contribution in [3.05, 3.63) is 35.9 Å².